The number of Topliss-reactive ketones (excluding diaryl/α,β-unsaturated/α-hetero) is 2. The molecule has 2 saturated heterocycles. The van der Waals surface area contributed by atoms with Crippen molar-refractivity contribution in [3.63, 3.8) is 0 Å². The molecule has 2 rings (SSSR count). The lowest BCUT2D eigenvalue weighted by Gasteiger charge is -2.34. The summed E-state index contributed by atoms with van der Waals surface area (Å²) in [5.41, 5.74) is -0.678. The Labute approximate surface area is 142 Å². The minimum atomic E-state index is -0.841. The van der Waals surface area contributed by atoms with Crippen LogP contribution in [0.15, 0.2) is 0 Å². The van der Waals surface area contributed by atoms with Crippen molar-refractivity contribution in [2.24, 2.45) is 0 Å². The van der Waals surface area contributed by atoms with Crippen molar-refractivity contribution in [2.45, 2.75) is 83.5 Å². The molecule has 1 N–H and O–H groups in total. The van der Waals surface area contributed by atoms with Gasteiger partial charge in [-0.05, 0) is 47.0 Å². The van der Waals surface area contributed by atoms with E-state index >= 15 is 0 Å². The summed E-state index contributed by atoms with van der Waals surface area (Å²) in [6, 6.07) is -1.59. The number of fused-ring (bicyclic) bond motifs is 1. The zero-order chi connectivity index (χ0) is 18.1. The van der Waals surface area contributed by atoms with Crippen LogP contribution in [0.25, 0.3) is 0 Å². The van der Waals surface area contributed by atoms with Crippen LogP contribution in [0.2, 0.25) is 0 Å². The molecule has 0 spiro atoms. The monoisotopic (exact) mass is 338 g/mol. The van der Waals surface area contributed by atoms with E-state index in [0.717, 1.165) is 0 Å². The first-order chi connectivity index (χ1) is 11.1. The fourth-order valence-corrected chi connectivity index (χ4v) is 3.37. The molecule has 2 aliphatic heterocycles. The molecule has 24 heavy (non-hydrogen) atoms. The number of carbonyl (C=O) groups excluding carboxylic acids is 4. The van der Waals surface area contributed by atoms with Crippen molar-refractivity contribution in [3.8, 4) is 0 Å². The van der Waals surface area contributed by atoms with E-state index in [-0.39, 0.29) is 42.8 Å². The number of hydrogen-bond acceptors (Lipinski definition) is 5. The predicted octanol–water partition coefficient (Wildman–Crippen LogP) is 1.58. The van der Waals surface area contributed by atoms with Crippen LogP contribution in [0.4, 0.5) is 4.79 Å². The van der Waals surface area contributed by atoms with Crippen LogP contribution in [0.5, 0.6) is 0 Å². The maximum absolute atomic E-state index is 12.9. The van der Waals surface area contributed by atoms with Gasteiger partial charge in [0, 0.05) is 18.9 Å². The molecule has 0 radical (unpaired) electrons. The van der Waals surface area contributed by atoms with Gasteiger partial charge in [-0.15, -0.1) is 0 Å². The Kier molecular flexibility index (Phi) is 5.30. The number of carbonyl (C=O) groups is 4. The summed E-state index contributed by atoms with van der Waals surface area (Å²) in [7, 11) is 0. The molecule has 0 aromatic carbocycles. The van der Waals surface area contributed by atoms with Crippen LogP contribution in [-0.2, 0) is 19.1 Å². The van der Waals surface area contributed by atoms with E-state index in [2.05, 4.69) is 5.32 Å². The Morgan fingerprint density at radius 3 is 2.42 bits per heavy atom. The van der Waals surface area contributed by atoms with Gasteiger partial charge >= 0.3 is 6.09 Å². The summed E-state index contributed by atoms with van der Waals surface area (Å²) in [4.78, 5) is 50.3. The summed E-state index contributed by atoms with van der Waals surface area (Å²) in [6.45, 7) is 6.66. The molecule has 2 fully saturated rings. The zero-order valence-corrected chi connectivity index (χ0v) is 14.8. The molecule has 2 aliphatic rings. The lowest BCUT2D eigenvalue weighted by Crippen LogP contribution is -2.55. The molecule has 0 aromatic rings. The van der Waals surface area contributed by atoms with Crippen LogP contribution in [0.1, 0.15) is 59.8 Å². The number of nitrogens with one attached hydrogen (secondary N) is 1. The van der Waals surface area contributed by atoms with Gasteiger partial charge in [0.2, 0.25) is 5.91 Å². The van der Waals surface area contributed by atoms with Crippen LogP contribution < -0.4 is 5.32 Å². The van der Waals surface area contributed by atoms with Gasteiger partial charge in [0.25, 0.3) is 0 Å². The van der Waals surface area contributed by atoms with Crippen molar-refractivity contribution in [1.29, 1.82) is 0 Å². The number of amides is 2. The summed E-state index contributed by atoms with van der Waals surface area (Å²) in [6.07, 6.45) is 1.27. The number of rotatable bonds is 2. The molecule has 0 aliphatic carbocycles. The van der Waals surface area contributed by atoms with E-state index in [1.54, 1.807) is 20.8 Å². The van der Waals surface area contributed by atoms with Gasteiger partial charge in [-0.1, -0.05) is 0 Å². The first-order valence-electron chi connectivity index (χ1n) is 8.42. The fraction of sp³-hybridized carbons (Fsp3) is 0.765. The molecule has 7 heteroatoms. The summed E-state index contributed by atoms with van der Waals surface area (Å²) < 4.78 is 5.20. The van der Waals surface area contributed by atoms with Gasteiger partial charge in [0.1, 0.15) is 17.4 Å². The molecule has 1 unspecified atom stereocenters. The largest absolute Gasteiger partial charge is 0.444 e. The molecule has 134 valence electrons. The van der Waals surface area contributed by atoms with Crippen molar-refractivity contribution in [3.05, 3.63) is 0 Å². The summed E-state index contributed by atoms with van der Waals surface area (Å²) in [5, 5.41) is 2.57. The Hall–Kier alpha value is -1.92. The topological polar surface area (TPSA) is 92.8 Å². The third-order valence-electron chi connectivity index (χ3n) is 4.39. The normalized spacial score (nSPS) is 28.0. The highest BCUT2D eigenvalue weighted by atomic mass is 16.6. The van der Waals surface area contributed by atoms with E-state index in [1.807, 2.05) is 0 Å². The van der Waals surface area contributed by atoms with E-state index in [1.165, 1.54) is 11.8 Å². The average molecular weight is 338 g/mol. The van der Waals surface area contributed by atoms with Crippen molar-refractivity contribution < 1.29 is 23.9 Å². The van der Waals surface area contributed by atoms with Crippen LogP contribution in [0, 0.1) is 0 Å². The quantitative estimate of drug-likeness (QED) is 0.825. The third-order valence-corrected chi connectivity index (χ3v) is 4.39. The number of alkyl carbamates (subject to hydrolysis) is 1. The lowest BCUT2D eigenvalue weighted by molar-refractivity contribution is -0.143. The van der Waals surface area contributed by atoms with E-state index in [4.69, 9.17) is 4.74 Å². The molecule has 2 amide bonds. The average Bonchev–Trinajstić information content (AvgIpc) is 2.82. The Balaban J connectivity index is 2.18. The standard InChI is InChI=1S/C17H26N2O5/c1-10(20)14-8-5-11-9-12(21)6-7-13(15(22)19(11)14)18-16(23)24-17(2,3)4/h11,13-14H,5-9H2,1-4H3,(H,18,23)/t11-,13?,14+/m1/s1. The first kappa shape index (κ1) is 18.4. The minimum Gasteiger partial charge on any atom is -0.444 e. The second-order valence-electron chi connectivity index (χ2n) is 7.58. The molecule has 0 aromatic heterocycles. The van der Waals surface area contributed by atoms with Gasteiger partial charge in [0.15, 0.2) is 5.78 Å². The Morgan fingerprint density at radius 2 is 1.83 bits per heavy atom. The molecule has 3 atom stereocenters. The maximum Gasteiger partial charge on any atom is 0.408 e. The van der Waals surface area contributed by atoms with Gasteiger partial charge in [-0.3, -0.25) is 14.4 Å². The van der Waals surface area contributed by atoms with E-state index < -0.39 is 23.8 Å². The molecular formula is C17H26N2O5. The van der Waals surface area contributed by atoms with Crippen molar-refractivity contribution in [2.75, 3.05) is 0 Å². The van der Waals surface area contributed by atoms with Crippen LogP contribution in [0.3, 0.4) is 0 Å². The lowest BCUT2D eigenvalue weighted by atomic mass is 9.98. The van der Waals surface area contributed by atoms with E-state index in [0.29, 0.717) is 12.8 Å². The van der Waals surface area contributed by atoms with Gasteiger partial charge in [-0.2, -0.15) is 0 Å². The molecule has 2 heterocycles. The Morgan fingerprint density at radius 1 is 1.17 bits per heavy atom. The van der Waals surface area contributed by atoms with E-state index in [9.17, 15) is 19.2 Å². The molecule has 0 saturated carbocycles. The number of hydrogen-bond donors (Lipinski definition) is 1. The third kappa shape index (κ3) is 4.33. The van der Waals surface area contributed by atoms with Crippen LogP contribution in [-0.4, -0.2) is 52.2 Å². The van der Waals surface area contributed by atoms with Crippen molar-refractivity contribution in [1.82, 2.24) is 10.2 Å². The number of nitrogens with zero attached hydrogens (tertiary/aromatic N) is 1. The zero-order valence-electron chi connectivity index (χ0n) is 14.8. The van der Waals surface area contributed by atoms with Gasteiger partial charge in [0.05, 0.1) is 6.04 Å². The Bertz CT molecular complexity index is 552. The van der Waals surface area contributed by atoms with Gasteiger partial charge in [-0.25, -0.2) is 4.79 Å². The smallest absolute Gasteiger partial charge is 0.408 e. The first-order valence-corrected chi connectivity index (χ1v) is 8.42. The molecule has 7 nitrogen and oxygen atoms in total. The summed E-state index contributed by atoms with van der Waals surface area (Å²) in [5.74, 6) is -0.330. The molecular weight excluding hydrogens is 312 g/mol. The van der Waals surface area contributed by atoms with Gasteiger partial charge < -0.3 is 15.0 Å². The fourth-order valence-electron chi connectivity index (χ4n) is 3.37. The highest BCUT2D eigenvalue weighted by Crippen LogP contribution is 2.30. The SMILES string of the molecule is CC(=O)[C@@H]1CC[C@@H]2CC(=O)CCC(NC(=O)OC(C)(C)C)C(=O)N21. The highest BCUT2D eigenvalue weighted by molar-refractivity contribution is 5.94. The van der Waals surface area contributed by atoms with Crippen molar-refractivity contribution >= 4 is 23.6 Å². The maximum atomic E-state index is 12.9. The second kappa shape index (κ2) is 6.91. The summed E-state index contributed by atoms with van der Waals surface area (Å²) >= 11 is 0. The minimum absolute atomic E-state index is 0.0534. The molecule has 0 bridgehead atoms. The predicted molar refractivity (Wildman–Crippen MR) is 86.4 cm³/mol. The number of ketones is 2. The van der Waals surface area contributed by atoms with Crippen LogP contribution >= 0.6 is 0 Å². The highest BCUT2D eigenvalue weighted by Gasteiger charge is 2.44. The number of ether oxygens (including phenoxy) is 1. The second-order valence-corrected chi connectivity index (χ2v) is 7.58.